The molecule has 20 heavy (non-hydrogen) atoms. The molecule has 0 spiro atoms. The number of hydrogen-bond donors (Lipinski definition) is 2. The maximum absolute atomic E-state index is 11.4. The second kappa shape index (κ2) is 10.3. The van der Waals surface area contributed by atoms with Gasteiger partial charge in [-0.2, -0.15) is 0 Å². The molecular formula is C14H23ClN2O3. The molecule has 5 nitrogen and oxygen atoms in total. The molecule has 1 amide bonds. The molecule has 0 atom stereocenters. The van der Waals surface area contributed by atoms with Gasteiger partial charge in [0.15, 0.2) is 0 Å². The molecule has 0 aliphatic heterocycles. The summed E-state index contributed by atoms with van der Waals surface area (Å²) in [7, 11) is 5.08. The summed E-state index contributed by atoms with van der Waals surface area (Å²) in [6.45, 7) is 1.29. The highest BCUT2D eigenvalue weighted by atomic mass is 35.5. The lowest BCUT2D eigenvalue weighted by Gasteiger charge is -2.11. The highest BCUT2D eigenvalue weighted by Gasteiger charge is 2.06. The molecule has 1 aromatic rings. The Labute approximate surface area is 126 Å². The molecule has 0 aliphatic rings. The third-order valence-corrected chi connectivity index (χ3v) is 2.81. The molecule has 0 bridgehead atoms. The van der Waals surface area contributed by atoms with Crippen LogP contribution in [0.15, 0.2) is 18.2 Å². The first-order valence-corrected chi connectivity index (χ1v) is 6.33. The number of ether oxygens (including phenoxy) is 2. The van der Waals surface area contributed by atoms with Crippen molar-refractivity contribution >= 4 is 18.3 Å². The quantitative estimate of drug-likeness (QED) is 0.762. The van der Waals surface area contributed by atoms with Gasteiger partial charge in [-0.1, -0.05) is 6.07 Å². The van der Waals surface area contributed by atoms with E-state index in [4.69, 9.17) is 9.47 Å². The fraction of sp³-hybridized carbons (Fsp3) is 0.500. The number of amides is 1. The number of carbonyl (C=O) groups is 1. The molecule has 2 N–H and O–H groups in total. The Morgan fingerprint density at radius 3 is 2.55 bits per heavy atom. The maximum Gasteiger partial charge on any atom is 0.221 e. The second-order valence-corrected chi connectivity index (χ2v) is 4.13. The summed E-state index contributed by atoms with van der Waals surface area (Å²) in [4.78, 5) is 11.4. The van der Waals surface area contributed by atoms with E-state index in [1.54, 1.807) is 14.2 Å². The summed E-state index contributed by atoms with van der Waals surface area (Å²) in [5, 5.41) is 5.82. The third kappa shape index (κ3) is 6.12. The normalized spacial score (nSPS) is 9.55. The summed E-state index contributed by atoms with van der Waals surface area (Å²) in [6.07, 6.45) is 1.23. The monoisotopic (exact) mass is 302 g/mol. The van der Waals surface area contributed by atoms with E-state index in [1.807, 2.05) is 25.2 Å². The van der Waals surface area contributed by atoms with E-state index in [9.17, 15) is 4.79 Å². The van der Waals surface area contributed by atoms with Gasteiger partial charge in [0.1, 0.15) is 11.5 Å². The molecule has 0 unspecified atom stereocenters. The van der Waals surface area contributed by atoms with Crippen LogP contribution in [-0.2, 0) is 11.2 Å². The molecule has 0 aliphatic carbocycles. The minimum Gasteiger partial charge on any atom is -0.497 e. The Bertz CT molecular complexity index is 413. The maximum atomic E-state index is 11.4. The lowest BCUT2D eigenvalue weighted by atomic mass is 10.1. The summed E-state index contributed by atoms with van der Waals surface area (Å²) in [5.41, 5.74) is 1.05. The van der Waals surface area contributed by atoms with Crippen molar-refractivity contribution in [3.8, 4) is 11.5 Å². The largest absolute Gasteiger partial charge is 0.497 e. The Morgan fingerprint density at radius 1 is 1.20 bits per heavy atom. The first kappa shape index (κ1) is 18.5. The molecule has 0 saturated carbocycles. The van der Waals surface area contributed by atoms with Crippen LogP contribution in [0.3, 0.4) is 0 Å². The van der Waals surface area contributed by atoms with Gasteiger partial charge in [0, 0.05) is 25.6 Å². The van der Waals surface area contributed by atoms with Crippen LogP contribution in [0, 0.1) is 0 Å². The van der Waals surface area contributed by atoms with Crippen LogP contribution < -0.4 is 20.1 Å². The van der Waals surface area contributed by atoms with Crippen LogP contribution in [0.4, 0.5) is 0 Å². The number of rotatable bonds is 8. The number of methoxy groups -OCH3 is 2. The van der Waals surface area contributed by atoms with E-state index < -0.39 is 0 Å². The lowest BCUT2D eigenvalue weighted by molar-refractivity contribution is -0.120. The van der Waals surface area contributed by atoms with Crippen LogP contribution in [-0.4, -0.2) is 40.3 Å². The van der Waals surface area contributed by atoms with Crippen molar-refractivity contribution in [1.82, 2.24) is 10.6 Å². The zero-order valence-corrected chi connectivity index (χ0v) is 13.0. The van der Waals surface area contributed by atoms with Gasteiger partial charge < -0.3 is 20.1 Å². The van der Waals surface area contributed by atoms with Crippen molar-refractivity contribution in [2.75, 3.05) is 34.4 Å². The lowest BCUT2D eigenvalue weighted by Crippen LogP contribution is -2.28. The van der Waals surface area contributed by atoms with Gasteiger partial charge in [0.2, 0.25) is 5.91 Å². The third-order valence-electron chi connectivity index (χ3n) is 2.81. The number of carbonyl (C=O) groups excluding carboxylic acids is 1. The molecular weight excluding hydrogens is 280 g/mol. The number of nitrogens with one attached hydrogen (secondary N) is 2. The highest BCUT2D eigenvalue weighted by molar-refractivity contribution is 5.85. The highest BCUT2D eigenvalue weighted by Crippen LogP contribution is 2.24. The van der Waals surface area contributed by atoms with Gasteiger partial charge in [0.05, 0.1) is 14.2 Å². The van der Waals surface area contributed by atoms with E-state index >= 15 is 0 Å². The summed E-state index contributed by atoms with van der Waals surface area (Å²) in [6, 6.07) is 5.69. The van der Waals surface area contributed by atoms with Gasteiger partial charge in [-0.3, -0.25) is 4.79 Å². The average Bonchev–Trinajstić information content (AvgIpc) is 2.45. The van der Waals surface area contributed by atoms with Gasteiger partial charge in [-0.15, -0.1) is 12.4 Å². The van der Waals surface area contributed by atoms with Gasteiger partial charge in [-0.05, 0) is 25.1 Å². The fourth-order valence-corrected chi connectivity index (χ4v) is 1.72. The zero-order valence-electron chi connectivity index (χ0n) is 12.2. The van der Waals surface area contributed by atoms with Crippen molar-refractivity contribution in [2.24, 2.45) is 0 Å². The molecule has 1 aromatic carbocycles. The van der Waals surface area contributed by atoms with E-state index in [1.165, 1.54) is 0 Å². The Kier molecular flexibility index (Phi) is 9.59. The minimum atomic E-state index is 0. The Morgan fingerprint density at radius 2 is 1.95 bits per heavy atom. The predicted octanol–water partition coefficient (Wildman–Crippen LogP) is 1.39. The van der Waals surface area contributed by atoms with Crippen LogP contribution >= 0.6 is 12.4 Å². The number of hydrogen-bond acceptors (Lipinski definition) is 4. The van der Waals surface area contributed by atoms with Crippen LogP contribution in [0.25, 0.3) is 0 Å². The Hall–Kier alpha value is -1.46. The van der Waals surface area contributed by atoms with E-state index in [2.05, 4.69) is 10.6 Å². The average molecular weight is 303 g/mol. The zero-order chi connectivity index (χ0) is 14.1. The number of halogens is 1. The first-order valence-electron chi connectivity index (χ1n) is 6.33. The second-order valence-electron chi connectivity index (χ2n) is 4.13. The number of benzene rings is 1. The molecule has 0 saturated heterocycles. The van der Waals surface area contributed by atoms with Crippen molar-refractivity contribution in [3.63, 3.8) is 0 Å². The van der Waals surface area contributed by atoms with Crippen LogP contribution in [0.5, 0.6) is 11.5 Å². The van der Waals surface area contributed by atoms with E-state index in [0.29, 0.717) is 19.5 Å². The molecule has 0 fully saturated rings. The van der Waals surface area contributed by atoms with E-state index in [-0.39, 0.29) is 18.3 Å². The summed E-state index contributed by atoms with van der Waals surface area (Å²) in [5.74, 6) is 1.60. The van der Waals surface area contributed by atoms with Crippen molar-refractivity contribution in [2.45, 2.75) is 12.8 Å². The van der Waals surface area contributed by atoms with Gasteiger partial charge in [-0.25, -0.2) is 0 Å². The van der Waals surface area contributed by atoms with E-state index in [0.717, 1.165) is 23.5 Å². The molecule has 6 heteroatoms. The SMILES string of the molecule is CNCCC(=O)NCCc1ccc(OC)cc1OC.Cl. The first-order chi connectivity index (χ1) is 9.21. The fourth-order valence-electron chi connectivity index (χ4n) is 1.72. The predicted molar refractivity (Wildman–Crippen MR) is 82.1 cm³/mol. The molecule has 1 rings (SSSR count). The van der Waals surface area contributed by atoms with Crippen molar-refractivity contribution in [1.29, 1.82) is 0 Å². The van der Waals surface area contributed by atoms with Crippen molar-refractivity contribution < 1.29 is 14.3 Å². The smallest absolute Gasteiger partial charge is 0.221 e. The van der Waals surface area contributed by atoms with Crippen LogP contribution in [0.2, 0.25) is 0 Å². The standard InChI is InChI=1S/C14H22N2O3.ClH/c1-15-8-7-14(17)16-9-6-11-4-5-12(18-2)10-13(11)19-3;/h4-5,10,15H,6-9H2,1-3H3,(H,16,17);1H. The molecule has 0 radical (unpaired) electrons. The Balaban J connectivity index is 0.00000361. The van der Waals surface area contributed by atoms with Gasteiger partial charge >= 0.3 is 0 Å². The topological polar surface area (TPSA) is 59.6 Å². The van der Waals surface area contributed by atoms with Crippen molar-refractivity contribution in [3.05, 3.63) is 23.8 Å². The summed E-state index contributed by atoms with van der Waals surface area (Å²) < 4.78 is 10.4. The van der Waals surface area contributed by atoms with Gasteiger partial charge in [0.25, 0.3) is 0 Å². The molecule has 0 aromatic heterocycles. The van der Waals surface area contributed by atoms with Crippen LogP contribution in [0.1, 0.15) is 12.0 Å². The molecule has 0 heterocycles. The summed E-state index contributed by atoms with van der Waals surface area (Å²) >= 11 is 0. The molecule has 114 valence electrons. The minimum absolute atomic E-state index is 0.